The van der Waals surface area contributed by atoms with Crippen LogP contribution >= 0.6 is 27.5 Å². The molecule has 0 amide bonds. The Bertz CT molecular complexity index is 586. The van der Waals surface area contributed by atoms with Crippen molar-refractivity contribution in [3.63, 3.8) is 0 Å². The Hall–Kier alpha value is -1.03. The fourth-order valence-corrected chi connectivity index (χ4v) is 2.58. The summed E-state index contributed by atoms with van der Waals surface area (Å²) in [6.45, 7) is 5.65. The van der Waals surface area contributed by atoms with Crippen molar-refractivity contribution in [3.05, 3.63) is 63.1 Å². The molecule has 1 atom stereocenters. The topological polar surface area (TPSA) is 21.3 Å². The third-order valence-corrected chi connectivity index (χ3v) is 4.10. The summed E-state index contributed by atoms with van der Waals surface area (Å²) < 4.78 is 6.85. The van der Waals surface area contributed by atoms with E-state index in [4.69, 9.17) is 16.3 Å². The quantitative estimate of drug-likeness (QED) is 0.742. The van der Waals surface area contributed by atoms with E-state index in [1.165, 1.54) is 0 Å². The van der Waals surface area contributed by atoms with E-state index in [1.54, 1.807) is 0 Å². The summed E-state index contributed by atoms with van der Waals surface area (Å²) in [5.74, 6) is 0.715. The number of nitrogens with one attached hydrogen (secondary N) is 1. The molecule has 0 heterocycles. The zero-order chi connectivity index (χ0) is 15.2. The maximum atomic E-state index is 6.30. The van der Waals surface area contributed by atoms with E-state index < -0.39 is 0 Å². The monoisotopic (exact) mass is 367 g/mol. The zero-order valence-electron chi connectivity index (χ0n) is 12.2. The second-order valence-corrected chi connectivity index (χ2v) is 6.21. The van der Waals surface area contributed by atoms with Crippen LogP contribution in [0.4, 0.5) is 0 Å². The van der Waals surface area contributed by atoms with Crippen LogP contribution in [-0.2, 0) is 6.61 Å². The van der Waals surface area contributed by atoms with Crippen molar-refractivity contribution < 1.29 is 4.74 Å². The summed E-state index contributed by atoms with van der Waals surface area (Å²) >= 11 is 9.72. The van der Waals surface area contributed by atoms with Gasteiger partial charge in [0.15, 0.2) is 0 Å². The zero-order valence-corrected chi connectivity index (χ0v) is 14.5. The van der Waals surface area contributed by atoms with Gasteiger partial charge in [0.1, 0.15) is 12.4 Å². The van der Waals surface area contributed by atoms with Gasteiger partial charge in [0, 0.05) is 10.5 Å². The molecule has 2 rings (SSSR count). The normalized spacial score (nSPS) is 12.2. The van der Waals surface area contributed by atoms with E-state index in [0.717, 1.165) is 22.1 Å². The van der Waals surface area contributed by atoms with E-state index in [1.807, 2.05) is 36.4 Å². The second-order valence-electron chi connectivity index (χ2n) is 4.88. The maximum Gasteiger partial charge on any atom is 0.138 e. The number of ether oxygens (including phenoxy) is 1. The minimum absolute atomic E-state index is 0.285. The van der Waals surface area contributed by atoms with Crippen molar-refractivity contribution in [1.82, 2.24) is 5.32 Å². The van der Waals surface area contributed by atoms with Crippen LogP contribution in [-0.4, -0.2) is 6.54 Å². The van der Waals surface area contributed by atoms with Crippen molar-refractivity contribution in [3.8, 4) is 5.75 Å². The van der Waals surface area contributed by atoms with Crippen LogP contribution in [0.25, 0.3) is 0 Å². The molecule has 1 unspecified atom stereocenters. The molecule has 2 nitrogen and oxygen atoms in total. The van der Waals surface area contributed by atoms with Crippen molar-refractivity contribution in [2.45, 2.75) is 26.5 Å². The Morgan fingerprint density at radius 1 is 1.19 bits per heavy atom. The lowest BCUT2D eigenvalue weighted by Crippen LogP contribution is -2.17. The predicted molar refractivity (Wildman–Crippen MR) is 92.0 cm³/mol. The highest BCUT2D eigenvalue weighted by Gasteiger charge is 2.08. The largest absolute Gasteiger partial charge is 0.487 e. The fourth-order valence-electron chi connectivity index (χ4n) is 2.07. The van der Waals surface area contributed by atoms with Crippen LogP contribution in [0.5, 0.6) is 5.75 Å². The van der Waals surface area contributed by atoms with Crippen molar-refractivity contribution in [2.75, 3.05) is 6.54 Å². The van der Waals surface area contributed by atoms with Crippen LogP contribution in [0.1, 0.15) is 31.0 Å². The number of halogens is 2. The lowest BCUT2D eigenvalue weighted by molar-refractivity contribution is 0.306. The highest BCUT2D eigenvalue weighted by Crippen LogP contribution is 2.28. The van der Waals surface area contributed by atoms with Gasteiger partial charge in [-0.05, 0) is 48.9 Å². The molecule has 2 aromatic rings. The minimum atomic E-state index is 0.285. The second kappa shape index (κ2) is 7.83. The van der Waals surface area contributed by atoms with Gasteiger partial charge in [0.05, 0.1) is 5.02 Å². The van der Waals surface area contributed by atoms with Crippen LogP contribution in [0.2, 0.25) is 5.02 Å². The molecule has 0 spiro atoms. The molecule has 2 aromatic carbocycles. The van der Waals surface area contributed by atoms with E-state index in [2.05, 4.69) is 41.2 Å². The van der Waals surface area contributed by atoms with Crippen molar-refractivity contribution in [1.29, 1.82) is 0 Å². The molecule has 0 aliphatic rings. The first-order valence-electron chi connectivity index (χ1n) is 7.00. The lowest BCUT2D eigenvalue weighted by atomic mass is 10.1. The molecule has 21 heavy (non-hydrogen) atoms. The van der Waals surface area contributed by atoms with E-state index >= 15 is 0 Å². The molecular weight excluding hydrogens is 350 g/mol. The average Bonchev–Trinajstić information content (AvgIpc) is 2.48. The first-order chi connectivity index (χ1) is 10.1. The van der Waals surface area contributed by atoms with Gasteiger partial charge in [-0.1, -0.05) is 52.7 Å². The molecule has 0 aliphatic heterocycles. The van der Waals surface area contributed by atoms with Gasteiger partial charge in [0.25, 0.3) is 0 Å². The summed E-state index contributed by atoms with van der Waals surface area (Å²) in [4.78, 5) is 0. The van der Waals surface area contributed by atoms with E-state index in [9.17, 15) is 0 Å². The highest BCUT2D eigenvalue weighted by atomic mass is 79.9. The summed E-state index contributed by atoms with van der Waals surface area (Å²) in [5, 5.41) is 4.02. The average molecular weight is 369 g/mol. The van der Waals surface area contributed by atoms with Crippen LogP contribution in [0.15, 0.2) is 46.9 Å². The van der Waals surface area contributed by atoms with Gasteiger partial charge in [-0.25, -0.2) is 0 Å². The Labute approximate surface area is 139 Å². The van der Waals surface area contributed by atoms with Crippen LogP contribution in [0, 0.1) is 0 Å². The third-order valence-electron chi connectivity index (χ3n) is 3.27. The van der Waals surface area contributed by atoms with Gasteiger partial charge in [-0.3, -0.25) is 0 Å². The van der Waals surface area contributed by atoms with Crippen molar-refractivity contribution in [2.24, 2.45) is 0 Å². The number of hydrogen-bond donors (Lipinski definition) is 1. The number of benzene rings is 2. The summed E-state index contributed by atoms with van der Waals surface area (Å²) in [6, 6.07) is 14.3. The Balaban J connectivity index is 2.02. The molecule has 0 fully saturated rings. The van der Waals surface area contributed by atoms with Gasteiger partial charge in [-0.15, -0.1) is 0 Å². The van der Waals surface area contributed by atoms with Crippen LogP contribution in [0.3, 0.4) is 0 Å². The molecule has 0 saturated heterocycles. The summed E-state index contributed by atoms with van der Waals surface area (Å²) in [7, 11) is 0. The third kappa shape index (κ3) is 4.73. The Kier molecular flexibility index (Phi) is 6.09. The molecule has 112 valence electrons. The first kappa shape index (κ1) is 16.3. The standard InChI is InChI=1S/C17H19BrClNO/c1-3-20-12(2)14-6-9-17(16(19)10-14)21-11-13-4-7-15(18)8-5-13/h4-10,12,20H,3,11H2,1-2H3. The SMILES string of the molecule is CCNC(C)c1ccc(OCc2ccc(Br)cc2)c(Cl)c1. The van der Waals surface area contributed by atoms with Crippen LogP contribution < -0.4 is 10.1 Å². The molecule has 0 saturated carbocycles. The molecule has 1 N–H and O–H groups in total. The molecule has 0 aromatic heterocycles. The molecular formula is C17H19BrClNO. The predicted octanol–water partition coefficient (Wildman–Crippen LogP) is 5.35. The van der Waals surface area contributed by atoms with Crippen molar-refractivity contribution >= 4 is 27.5 Å². The maximum absolute atomic E-state index is 6.30. The molecule has 4 heteroatoms. The first-order valence-corrected chi connectivity index (χ1v) is 8.17. The van der Waals surface area contributed by atoms with Gasteiger partial charge >= 0.3 is 0 Å². The Morgan fingerprint density at radius 3 is 2.52 bits per heavy atom. The molecule has 0 bridgehead atoms. The summed E-state index contributed by atoms with van der Waals surface area (Å²) in [6.07, 6.45) is 0. The van der Waals surface area contributed by atoms with Gasteiger partial charge in [0.2, 0.25) is 0 Å². The van der Waals surface area contributed by atoms with Gasteiger partial charge in [-0.2, -0.15) is 0 Å². The van der Waals surface area contributed by atoms with Gasteiger partial charge < -0.3 is 10.1 Å². The number of rotatable bonds is 6. The fraction of sp³-hybridized carbons (Fsp3) is 0.294. The number of hydrogen-bond acceptors (Lipinski definition) is 2. The minimum Gasteiger partial charge on any atom is -0.487 e. The van der Waals surface area contributed by atoms with E-state index in [-0.39, 0.29) is 6.04 Å². The summed E-state index contributed by atoms with van der Waals surface area (Å²) in [5.41, 5.74) is 2.28. The highest BCUT2D eigenvalue weighted by molar-refractivity contribution is 9.10. The molecule has 0 radical (unpaired) electrons. The Morgan fingerprint density at radius 2 is 1.90 bits per heavy atom. The van der Waals surface area contributed by atoms with E-state index in [0.29, 0.717) is 17.4 Å². The smallest absolute Gasteiger partial charge is 0.138 e. The lowest BCUT2D eigenvalue weighted by Gasteiger charge is -2.15. The molecule has 0 aliphatic carbocycles.